The summed E-state index contributed by atoms with van der Waals surface area (Å²) in [6.07, 6.45) is 6.89. The van der Waals surface area contributed by atoms with Gasteiger partial charge >= 0.3 is 0 Å². The molecule has 2 atom stereocenters. The quantitative estimate of drug-likeness (QED) is 0.692. The summed E-state index contributed by atoms with van der Waals surface area (Å²) in [4.78, 5) is 3.90. The molecule has 1 saturated carbocycles. The van der Waals surface area contributed by atoms with Gasteiger partial charge < -0.3 is 5.73 Å². The predicted octanol–water partition coefficient (Wildman–Crippen LogP) is 0.405. The van der Waals surface area contributed by atoms with Crippen LogP contribution in [0, 0.1) is 5.92 Å². The summed E-state index contributed by atoms with van der Waals surface area (Å²) in [6.45, 7) is 0.980. The van der Waals surface area contributed by atoms with E-state index in [1.807, 2.05) is 4.68 Å². The molecule has 0 aliphatic heterocycles. The molecule has 0 bridgehead atoms. The van der Waals surface area contributed by atoms with Gasteiger partial charge in [0, 0.05) is 12.6 Å². The molecule has 1 heterocycles. The van der Waals surface area contributed by atoms with Crippen molar-refractivity contribution < 1.29 is 0 Å². The fourth-order valence-electron chi connectivity index (χ4n) is 1.87. The highest BCUT2D eigenvalue weighted by Crippen LogP contribution is 2.24. The molecule has 0 unspecified atom stereocenters. The standard InChI is InChI=1S/C8H14N4/c9-8-2-1-7(3-8)4-12-6-10-5-11-12/h5-8H,1-4,9H2/t7-,8-/m1/s1. The third-order valence-corrected chi connectivity index (χ3v) is 2.49. The van der Waals surface area contributed by atoms with E-state index in [2.05, 4.69) is 10.1 Å². The van der Waals surface area contributed by atoms with E-state index in [1.54, 1.807) is 12.7 Å². The van der Waals surface area contributed by atoms with Gasteiger partial charge in [0.1, 0.15) is 12.7 Å². The van der Waals surface area contributed by atoms with E-state index < -0.39 is 0 Å². The molecule has 4 nitrogen and oxygen atoms in total. The van der Waals surface area contributed by atoms with Crippen LogP contribution in [0.25, 0.3) is 0 Å². The maximum Gasteiger partial charge on any atom is 0.137 e. The molecular weight excluding hydrogens is 152 g/mol. The van der Waals surface area contributed by atoms with E-state index in [9.17, 15) is 0 Å². The molecule has 1 aliphatic rings. The van der Waals surface area contributed by atoms with Crippen molar-refractivity contribution in [1.82, 2.24) is 14.8 Å². The minimum Gasteiger partial charge on any atom is -0.328 e. The van der Waals surface area contributed by atoms with E-state index in [0.29, 0.717) is 12.0 Å². The topological polar surface area (TPSA) is 56.7 Å². The zero-order valence-corrected chi connectivity index (χ0v) is 7.06. The molecule has 66 valence electrons. The molecule has 2 rings (SSSR count). The van der Waals surface area contributed by atoms with Crippen LogP contribution >= 0.6 is 0 Å². The van der Waals surface area contributed by atoms with Gasteiger partial charge in [-0.1, -0.05) is 0 Å². The van der Waals surface area contributed by atoms with Crippen molar-refractivity contribution >= 4 is 0 Å². The van der Waals surface area contributed by atoms with E-state index in [0.717, 1.165) is 13.0 Å². The average molecular weight is 166 g/mol. The fraction of sp³-hybridized carbons (Fsp3) is 0.750. The van der Waals surface area contributed by atoms with Gasteiger partial charge in [0.15, 0.2) is 0 Å². The first kappa shape index (κ1) is 7.73. The Balaban J connectivity index is 1.88. The Morgan fingerprint density at radius 3 is 3.00 bits per heavy atom. The van der Waals surface area contributed by atoms with Crippen molar-refractivity contribution in [2.24, 2.45) is 11.7 Å². The lowest BCUT2D eigenvalue weighted by atomic mass is 10.1. The Labute approximate surface area is 71.8 Å². The fourth-order valence-corrected chi connectivity index (χ4v) is 1.87. The highest BCUT2D eigenvalue weighted by atomic mass is 15.3. The number of hydrogen-bond acceptors (Lipinski definition) is 3. The summed E-state index contributed by atoms with van der Waals surface area (Å²) in [5.41, 5.74) is 5.81. The van der Waals surface area contributed by atoms with Crippen molar-refractivity contribution in [2.75, 3.05) is 0 Å². The first-order valence-electron chi connectivity index (χ1n) is 4.42. The predicted molar refractivity (Wildman–Crippen MR) is 45.3 cm³/mol. The van der Waals surface area contributed by atoms with Crippen LogP contribution in [0.2, 0.25) is 0 Å². The molecule has 1 aliphatic carbocycles. The molecule has 0 aromatic carbocycles. The lowest BCUT2D eigenvalue weighted by Gasteiger charge is -2.07. The number of hydrogen-bond donors (Lipinski definition) is 1. The zero-order valence-electron chi connectivity index (χ0n) is 7.06. The molecule has 1 aromatic rings. The smallest absolute Gasteiger partial charge is 0.137 e. The Hall–Kier alpha value is -0.900. The summed E-state index contributed by atoms with van der Waals surface area (Å²) in [7, 11) is 0. The third kappa shape index (κ3) is 1.64. The molecule has 0 amide bonds. The molecule has 1 fully saturated rings. The molecule has 0 radical (unpaired) electrons. The van der Waals surface area contributed by atoms with Crippen molar-refractivity contribution in [3.8, 4) is 0 Å². The second-order valence-corrected chi connectivity index (χ2v) is 3.56. The Bertz CT molecular complexity index is 231. The second-order valence-electron chi connectivity index (χ2n) is 3.56. The van der Waals surface area contributed by atoms with Gasteiger partial charge in [-0.2, -0.15) is 5.10 Å². The van der Waals surface area contributed by atoms with Crippen LogP contribution < -0.4 is 5.73 Å². The van der Waals surface area contributed by atoms with E-state index in [4.69, 9.17) is 5.73 Å². The second kappa shape index (κ2) is 3.23. The van der Waals surface area contributed by atoms with Gasteiger partial charge in [-0.15, -0.1) is 0 Å². The molecule has 1 aromatic heterocycles. The number of nitrogens with two attached hydrogens (primary N) is 1. The summed E-state index contributed by atoms with van der Waals surface area (Å²) in [5.74, 6) is 0.710. The van der Waals surface area contributed by atoms with Gasteiger partial charge in [-0.25, -0.2) is 4.98 Å². The monoisotopic (exact) mass is 166 g/mol. The van der Waals surface area contributed by atoms with Crippen LogP contribution in [0.5, 0.6) is 0 Å². The Kier molecular flexibility index (Phi) is 2.08. The van der Waals surface area contributed by atoms with Gasteiger partial charge in [-0.05, 0) is 25.2 Å². The summed E-state index contributed by atoms with van der Waals surface area (Å²) in [5, 5.41) is 4.07. The van der Waals surface area contributed by atoms with Gasteiger partial charge in [0.2, 0.25) is 0 Å². The maximum absolute atomic E-state index is 5.81. The highest BCUT2D eigenvalue weighted by molar-refractivity contribution is 4.77. The largest absolute Gasteiger partial charge is 0.328 e. The van der Waals surface area contributed by atoms with E-state index in [-0.39, 0.29) is 0 Å². The van der Waals surface area contributed by atoms with Crippen LogP contribution in [0.4, 0.5) is 0 Å². The third-order valence-electron chi connectivity index (χ3n) is 2.49. The Morgan fingerprint density at radius 1 is 1.50 bits per heavy atom. The minimum absolute atomic E-state index is 0.415. The van der Waals surface area contributed by atoms with E-state index >= 15 is 0 Å². The molecule has 12 heavy (non-hydrogen) atoms. The molecule has 0 spiro atoms. The molecule has 4 heteroatoms. The molecular formula is C8H14N4. The normalized spacial score (nSPS) is 29.4. The highest BCUT2D eigenvalue weighted by Gasteiger charge is 2.21. The van der Waals surface area contributed by atoms with Crippen molar-refractivity contribution in [3.05, 3.63) is 12.7 Å². The number of aromatic nitrogens is 3. The first-order chi connectivity index (χ1) is 5.84. The van der Waals surface area contributed by atoms with Crippen LogP contribution in [0.15, 0.2) is 12.7 Å². The van der Waals surface area contributed by atoms with E-state index in [1.165, 1.54) is 12.8 Å². The molecule has 2 N–H and O–H groups in total. The van der Waals surface area contributed by atoms with Gasteiger partial charge in [0.05, 0.1) is 0 Å². The van der Waals surface area contributed by atoms with Crippen LogP contribution in [0.1, 0.15) is 19.3 Å². The van der Waals surface area contributed by atoms with Crippen molar-refractivity contribution in [3.63, 3.8) is 0 Å². The average Bonchev–Trinajstić information content (AvgIpc) is 2.63. The summed E-state index contributed by atoms with van der Waals surface area (Å²) < 4.78 is 1.89. The maximum atomic E-state index is 5.81. The van der Waals surface area contributed by atoms with Crippen molar-refractivity contribution in [2.45, 2.75) is 31.8 Å². The SMILES string of the molecule is N[C@@H]1CC[C@@H](Cn2cncn2)C1. The molecule has 0 saturated heterocycles. The van der Waals surface area contributed by atoms with Gasteiger partial charge in [-0.3, -0.25) is 4.68 Å². The van der Waals surface area contributed by atoms with Crippen molar-refractivity contribution in [1.29, 1.82) is 0 Å². The van der Waals surface area contributed by atoms with Crippen LogP contribution in [-0.4, -0.2) is 20.8 Å². The lowest BCUT2D eigenvalue weighted by molar-refractivity contribution is 0.423. The Morgan fingerprint density at radius 2 is 2.42 bits per heavy atom. The summed E-state index contributed by atoms with van der Waals surface area (Å²) >= 11 is 0. The minimum atomic E-state index is 0.415. The van der Waals surface area contributed by atoms with Crippen LogP contribution in [-0.2, 0) is 6.54 Å². The van der Waals surface area contributed by atoms with Crippen LogP contribution in [0.3, 0.4) is 0 Å². The number of rotatable bonds is 2. The summed E-state index contributed by atoms with van der Waals surface area (Å²) in [6, 6.07) is 0.415. The zero-order chi connectivity index (χ0) is 8.39. The van der Waals surface area contributed by atoms with Gasteiger partial charge in [0.25, 0.3) is 0 Å². The lowest BCUT2D eigenvalue weighted by Crippen LogP contribution is -2.16. The first-order valence-corrected chi connectivity index (χ1v) is 4.42. The number of nitrogens with zero attached hydrogens (tertiary/aromatic N) is 3.